The van der Waals surface area contributed by atoms with Gasteiger partial charge in [0.1, 0.15) is 0 Å². The number of nitrogens with zero attached hydrogens (tertiary/aromatic N) is 1. The van der Waals surface area contributed by atoms with E-state index in [0.717, 1.165) is 0 Å². The zero-order valence-corrected chi connectivity index (χ0v) is 12.2. The first-order valence-electron chi connectivity index (χ1n) is 6.90. The van der Waals surface area contributed by atoms with Gasteiger partial charge in [-0.2, -0.15) is 4.39 Å². The van der Waals surface area contributed by atoms with Crippen molar-refractivity contribution in [1.29, 1.82) is 0 Å². The molecule has 0 spiro atoms. The van der Waals surface area contributed by atoms with Crippen LogP contribution in [0.4, 0.5) is 4.39 Å². The zero-order chi connectivity index (χ0) is 14.8. The molecule has 0 atom stereocenters. The molecule has 3 rings (SSSR count). The van der Waals surface area contributed by atoms with Crippen molar-refractivity contribution < 1.29 is 18.8 Å². The fraction of sp³-hybridized carbons (Fsp3) is 0.643. The smallest absolute Gasteiger partial charge is 0.398 e. The van der Waals surface area contributed by atoms with E-state index in [1.165, 1.54) is 0 Å². The van der Waals surface area contributed by atoms with Crippen LogP contribution in [0.1, 0.15) is 46.1 Å². The van der Waals surface area contributed by atoms with E-state index in [4.69, 9.17) is 9.31 Å². The fourth-order valence-corrected chi connectivity index (χ4v) is 2.28. The second-order valence-electron chi connectivity index (χ2n) is 6.69. The van der Waals surface area contributed by atoms with Crippen molar-refractivity contribution in [2.75, 3.05) is 0 Å². The Morgan fingerprint density at radius 2 is 1.70 bits per heavy atom. The average Bonchev–Trinajstić information content (AvgIpc) is 3.01. The number of halogens is 1. The third-order valence-electron chi connectivity index (χ3n) is 4.59. The molecule has 0 aromatic carbocycles. The van der Waals surface area contributed by atoms with Gasteiger partial charge < -0.3 is 14.4 Å². The molecule has 2 heterocycles. The van der Waals surface area contributed by atoms with E-state index in [1.54, 1.807) is 12.1 Å². The molecule has 1 N–H and O–H groups in total. The molecule has 0 amide bonds. The third kappa shape index (κ3) is 2.06. The first-order chi connectivity index (χ1) is 9.15. The van der Waals surface area contributed by atoms with Gasteiger partial charge in [-0.25, -0.2) is 4.98 Å². The number of hydrogen-bond donors (Lipinski definition) is 1. The molecule has 20 heavy (non-hydrogen) atoms. The van der Waals surface area contributed by atoms with E-state index >= 15 is 0 Å². The summed E-state index contributed by atoms with van der Waals surface area (Å²) >= 11 is 0. The van der Waals surface area contributed by atoms with Gasteiger partial charge in [0.2, 0.25) is 5.95 Å². The Hall–Kier alpha value is -0.975. The average molecular weight is 279 g/mol. The minimum atomic E-state index is -1.02. The highest BCUT2D eigenvalue weighted by Crippen LogP contribution is 2.45. The van der Waals surface area contributed by atoms with Gasteiger partial charge in [-0.1, -0.05) is 6.07 Å². The van der Waals surface area contributed by atoms with E-state index in [1.807, 2.05) is 27.7 Å². The van der Waals surface area contributed by atoms with Gasteiger partial charge in [0, 0.05) is 5.56 Å². The summed E-state index contributed by atoms with van der Waals surface area (Å²) in [6.07, 6.45) is 1.17. The molecule has 0 radical (unpaired) electrons. The Morgan fingerprint density at radius 3 is 2.15 bits per heavy atom. The van der Waals surface area contributed by atoms with Crippen LogP contribution in [0.2, 0.25) is 0 Å². The Labute approximate surface area is 118 Å². The quantitative estimate of drug-likeness (QED) is 0.658. The summed E-state index contributed by atoms with van der Waals surface area (Å²) in [5, 5.41) is 9.96. The maximum absolute atomic E-state index is 14.0. The van der Waals surface area contributed by atoms with Crippen LogP contribution in [0.3, 0.4) is 0 Å². The Morgan fingerprint density at radius 1 is 1.15 bits per heavy atom. The van der Waals surface area contributed by atoms with Gasteiger partial charge in [0.15, 0.2) is 0 Å². The van der Waals surface area contributed by atoms with Crippen LogP contribution >= 0.6 is 0 Å². The third-order valence-corrected chi connectivity index (χ3v) is 4.59. The molecule has 108 valence electrons. The summed E-state index contributed by atoms with van der Waals surface area (Å²) in [5.41, 5.74) is -1.33. The van der Waals surface area contributed by atoms with Crippen molar-refractivity contribution in [1.82, 2.24) is 4.98 Å². The predicted molar refractivity (Wildman–Crippen MR) is 73.0 cm³/mol. The fourth-order valence-electron chi connectivity index (χ4n) is 2.28. The summed E-state index contributed by atoms with van der Waals surface area (Å²) in [5.74, 6) is -0.641. The van der Waals surface area contributed by atoms with Crippen LogP contribution in [0.15, 0.2) is 12.1 Å². The lowest BCUT2D eigenvalue weighted by Crippen LogP contribution is -2.41. The summed E-state index contributed by atoms with van der Waals surface area (Å²) in [6, 6.07) is 3.24. The molecular weight excluding hydrogens is 260 g/mol. The standard InChI is InChI=1S/C14H19BFNO3/c1-12(2)13(3,4)20-15(19-12)10-6-5-9(11(16)17-10)14(18)7-8-14/h5-6,18H,7-8H2,1-4H3. The molecule has 0 unspecified atom stereocenters. The zero-order valence-electron chi connectivity index (χ0n) is 12.2. The van der Waals surface area contributed by atoms with E-state index in [-0.39, 0.29) is 5.56 Å². The van der Waals surface area contributed by atoms with Gasteiger partial charge in [-0.05, 0) is 46.6 Å². The molecule has 1 aromatic rings. The first-order valence-corrected chi connectivity index (χ1v) is 6.90. The number of hydrogen-bond acceptors (Lipinski definition) is 4. The summed E-state index contributed by atoms with van der Waals surface area (Å²) < 4.78 is 25.7. The highest BCUT2D eigenvalue weighted by atomic mass is 19.1. The van der Waals surface area contributed by atoms with Crippen molar-refractivity contribution in [2.45, 2.75) is 57.3 Å². The van der Waals surface area contributed by atoms with Crippen molar-refractivity contribution in [2.24, 2.45) is 0 Å². The van der Waals surface area contributed by atoms with E-state index < -0.39 is 29.9 Å². The van der Waals surface area contributed by atoms with Gasteiger partial charge >= 0.3 is 7.12 Å². The number of aromatic nitrogens is 1. The van der Waals surface area contributed by atoms with Crippen LogP contribution in [0.5, 0.6) is 0 Å². The molecular formula is C14H19BFNO3. The number of rotatable bonds is 2. The van der Waals surface area contributed by atoms with Crippen LogP contribution in [-0.2, 0) is 14.9 Å². The Kier molecular flexibility index (Phi) is 2.81. The SMILES string of the molecule is CC1(C)OB(c2ccc(C3(O)CC3)c(F)n2)OC1(C)C. The van der Waals surface area contributed by atoms with Crippen molar-refractivity contribution in [3.63, 3.8) is 0 Å². The monoisotopic (exact) mass is 279 g/mol. The van der Waals surface area contributed by atoms with Gasteiger partial charge in [0.05, 0.1) is 22.4 Å². The van der Waals surface area contributed by atoms with Crippen LogP contribution in [-0.4, -0.2) is 28.4 Å². The largest absolute Gasteiger partial charge is 0.514 e. The molecule has 6 heteroatoms. The molecule has 1 aromatic heterocycles. The van der Waals surface area contributed by atoms with Gasteiger partial charge in [-0.3, -0.25) is 0 Å². The van der Waals surface area contributed by atoms with Crippen molar-refractivity contribution >= 4 is 12.7 Å². The maximum Gasteiger partial charge on any atom is 0.514 e. The molecule has 2 aliphatic rings. The number of pyridine rings is 1. The van der Waals surface area contributed by atoms with Crippen LogP contribution in [0.25, 0.3) is 0 Å². The normalized spacial score (nSPS) is 25.8. The second-order valence-corrected chi connectivity index (χ2v) is 6.69. The minimum Gasteiger partial charge on any atom is -0.398 e. The van der Waals surface area contributed by atoms with Gasteiger partial charge in [-0.15, -0.1) is 0 Å². The van der Waals surface area contributed by atoms with E-state index in [0.29, 0.717) is 18.4 Å². The summed E-state index contributed by atoms with van der Waals surface area (Å²) in [4.78, 5) is 3.92. The number of aliphatic hydroxyl groups is 1. The maximum atomic E-state index is 14.0. The molecule has 1 saturated heterocycles. The molecule has 0 bridgehead atoms. The van der Waals surface area contributed by atoms with Gasteiger partial charge in [0.25, 0.3) is 0 Å². The lowest BCUT2D eigenvalue weighted by molar-refractivity contribution is 0.00578. The van der Waals surface area contributed by atoms with E-state index in [2.05, 4.69) is 4.98 Å². The lowest BCUT2D eigenvalue weighted by Gasteiger charge is -2.32. The highest BCUT2D eigenvalue weighted by Gasteiger charge is 2.53. The minimum absolute atomic E-state index is 0.262. The highest BCUT2D eigenvalue weighted by molar-refractivity contribution is 6.61. The molecule has 1 aliphatic heterocycles. The molecule has 1 aliphatic carbocycles. The second kappa shape index (κ2) is 4.03. The summed E-state index contributed by atoms with van der Waals surface area (Å²) in [6.45, 7) is 7.74. The first kappa shape index (κ1) is 14.0. The van der Waals surface area contributed by atoms with Crippen molar-refractivity contribution in [3.05, 3.63) is 23.6 Å². The lowest BCUT2D eigenvalue weighted by atomic mass is 9.84. The predicted octanol–water partition coefficient (Wildman–Crippen LogP) is 1.50. The Bertz CT molecular complexity index is 541. The van der Waals surface area contributed by atoms with E-state index in [9.17, 15) is 9.50 Å². The van der Waals surface area contributed by atoms with Crippen LogP contribution < -0.4 is 5.59 Å². The Balaban J connectivity index is 1.88. The molecule has 4 nitrogen and oxygen atoms in total. The van der Waals surface area contributed by atoms with Crippen LogP contribution in [0, 0.1) is 5.95 Å². The molecule has 2 fully saturated rings. The topological polar surface area (TPSA) is 51.6 Å². The van der Waals surface area contributed by atoms with Crippen molar-refractivity contribution in [3.8, 4) is 0 Å². The summed E-state index contributed by atoms with van der Waals surface area (Å²) in [7, 11) is -0.683. The molecule has 1 saturated carbocycles.